The number of nitrogens with one attached hydrogen (secondary N) is 1. The van der Waals surface area contributed by atoms with Crippen molar-refractivity contribution in [1.82, 2.24) is 10.2 Å². The maximum atomic E-state index is 12.0. The summed E-state index contributed by atoms with van der Waals surface area (Å²) in [6.45, 7) is 4.58. The largest absolute Gasteiger partial charge is 0.378 e. The molecule has 106 valence electrons. The fraction of sp³-hybridized carbons (Fsp3) is 0.500. The molecule has 0 aliphatic heterocycles. The lowest BCUT2D eigenvalue weighted by Crippen LogP contribution is -2.28. The summed E-state index contributed by atoms with van der Waals surface area (Å²) in [5.41, 5.74) is 1.73. The molecule has 19 heavy (non-hydrogen) atoms. The zero-order valence-corrected chi connectivity index (χ0v) is 13.3. The van der Waals surface area contributed by atoms with E-state index < -0.39 is 0 Å². The van der Waals surface area contributed by atoms with Crippen LogP contribution in [0.1, 0.15) is 15.9 Å². The highest BCUT2D eigenvalue weighted by Crippen LogP contribution is 2.17. The van der Waals surface area contributed by atoms with Gasteiger partial charge in [0.15, 0.2) is 0 Å². The van der Waals surface area contributed by atoms with Crippen molar-refractivity contribution in [1.29, 1.82) is 0 Å². The first-order chi connectivity index (χ1) is 9.00. The van der Waals surface area contributed by atoms with E-state index >= 15 is 0 Å². The number of hydrogen-bond donors (Lipinski definition) is 1. The molecule has 0 saturated carbocycles. The van der Waals surface area contributed by atoms with Crippen molar-refractivity contribution >= 4 is 21.8 Å². The first-order valence-electron chi connectivity index (χ1n) is 6.27. The summed E-state index contributed by atoms with van der Waals surface area (Å²) in [6, 6.07) is 5.72. The van der Waals surface area contributed by atoms with Gasteiger partial charge in [-0.1, -0.05) is 11.6 Å². The molecule has 0 aromatic heterocycles. The van der Waals surface area contributed by atoms with Gasteiger partial charge in [0.25, 0.3) is 5.91 Å². The highest BCUT2D eigenvalue weighted by molar-refractivity contribution is 9.10. The monoisotopic (exact) mass is 328 g/mol. The Kier molecular flexibility index (Phi) is 7.05. The molecular formula is C14H21BrN2O2. The van der Waals surface area contributed by atoms with Crippen LogP contribution < -0.4 is 5.32 Å². The SMILES string of the molecule is Cc1ccc(Br)c(C(=O)NCCOCCN(C)C)c1. The average Bonchev–Trinajstić information content (AvgIpc) is 2.36. The van der Waals surface area contributed by atoms with Crippen LogP contribution in [-0.4, -0.2) is 51.2 Å². The molecular weight excluding hydrogens is 308 g/mol. The third-order valence-corrected chi connectivity index (χ3v) is 3.27. The van der Waals surface area contributed by atoms with Crippen LogP contribution in [0, 0.1) is 6.92 Å². The predicted octanol–water partition coefficient (Wildman–Crippen LogP) is 2.07. The standard InChI is InChI=1S/C14H21BrN2O2/c1-11-4-5-13(15)12(10-11)14(18)16-6-8-19-9-7-17(2)3/h4-5,10H,6-9H2,1-3H3,(H,16,18). The molecule has 1 N–H and O–H groups in total. The number of aryl methyl sites for hydroxylation is 1. The third-order valence-electron chi connectivity index (χ3n) is 2.58. The number of carbonyl (C=O) groups excluding carboxylic acids is 1. The Morgan fingerprint density at radius 2 is 2.11 bits per heavy atom. The Balaban J connectivity index is 2.29. The van der Waals surface area contributed by atoms with Gasteiger partial charge in [-0.2, -0.15) is 0 Å². The fourth-order valence-corrected chi connectivity index (χ4v) is 1.92. The van der Waals surface area contributed by atoms with Crippen molar-refractivity contribution < 1.29 is 9.53 Å². The first-order valence-corrected chi connectivity index (χ1v) is 7.07. The van der Waals surface area contributed by atoms with E-state index in [0.717, 1.165) is 16.6 Å². The molecule has 1 aromatic rings. The molecule has 0 saturated heterocycles. The van der Waals surface area contributed by atoms with E-state index in [1.165, 1.54) is 0 Å². The van der Waals surface area contributed by atoms with E-state index in [4.69, 9.17) is 4.74 Å². The zero-order chi connectivity index (χ0) is 14.3. The van der Waals surface area contributed by atoms with E-state index in [2.05, 4.69) is 26.1 Å². The summed E-state index contributed by atoms with van der Waals surface area (Å²) in [5.74, 6) is -0.0771. The van der Waals surface area contributed by atoms with Crippen molar-refractivity contribution in [2.75, 3.05) is 40.4 Å². The molecule has 4 nitrogen and oxygen atoms in total. The number of amides is 1. The van der Waals surface area contributed by atoms with Crippen molar-refractivity contribution in [3.63, 3.8) is 0 Å². The quantitative estimate of drug-likeness (QED) is 0.779. The van der Waals surface area contributed by atoms with Gasteiger partial charge in [-0.25, -0.2) is 0 Å². The van der Waals surface area contributed by atoms with Gasteiger partial charge >= 0.3 is 0 Å². The van der Waals surface area contributed by atoms with Crippen molar-refractivity contribution in [3.05, 3.63) is 33.8 Å². The molecule has 0 fully saturated rings. The van der Waals surface area contributed by atoms with E-state index in [-0.39, 0.29) is 5.91 Å². The number of nitrogens with zero attached hydrogens (tertiary/aromatic N) is 1. The number of carbonyl (C=O) groups is 1. The molecule has 0 atom stereocenters. The Hall–Kier alpha value is -0.910. The second-order valence-electron chi connectivity index (χ2n) is 4.65. The number of likely N-dealkylation sites (N-methyl/N-ethyl adjacent to an activating group) is 1. The van der Waals surface area contributed by atoms with Crippen LogP contribution in [0.2, 0.25) is 0 Å². The van der Waals surface area contributed by atoms with E-state index in [0.29, 0.717) is 25.3 Å². The number of halogens is 1. The average molecular weight is 329 g/mol. The number of rotatable bonds is 7. The van der Waals surface area contributed by atoms with Gasteiger partial charge < -0.3 is 15.0 Å². The Morgan fingerprint density at radius 1 is 1.37 bits per heavy atom. The summed E-state index contributed by atoms with van der Waals surface area (Å²) in [5, 5.41) is 2.85. The summed E-state index contributed by atoms with van der Waals surface area (Å²) in [7, 11) is 4.00. The smallest absolute Gasteiger partial charge is 0.252 e. The number of benzene rings is 1. The summed E-state index contributed by atoms with van der Waals surface area (Å²) < 4.78 is 6.23. The molecule has 0 spiro atoms. The molecule has 1 rings (SSSR count). The Bertz CT molecular complexity index is 422. The predicted molar refractivity (Wildman–Crippen MR) is 80.6 cm³/mol. The highest BCUT2D eigenvalue weighted by atomic mass is 79.9. The topological polar surface area (TPSA) is 41.6 Å². The molecule has 0 aliphatic carbocycles. The Morgan fingerprint density at radius 3 is 2.79 bits per heavy atom. The van der Waals surface area contributed by atoms with E-state index in [1.54, 1.807) is 0 Å². The van der Waals surface area contributed by atoms with Gasteiger partial charge in [0.05, 0.1) is 18.8 Å². The van der Waals surface area contributed by atoms with Gasteiger partial charge in [-0.3, -0.25) is 4.79 Å². The molecule has 0 heterocycles. The minimum Gasteiger partial charge on any atom is -0.378 e. The van der Waals surface area contributed by atoms with Crippen LogP contribution in [0.5, 0.6) is 0 Å². The molecule has 0 unspecified atom stereocenters. The third kappa shape index (κ3) is 6.18. The molecule has 0 radical (unpaired) electrons. The van der Waals surface area contributed by atoms with Crippen molar-refractivity contribution in [2.45, 2.75) is 6.92 Å². The van der Waals surface area contributed by atoms with E-state index in [9.17, 15) is 4.79 Å². The number of hydrogen-bond acceptors (Lipinski definition) is 3. The van der Waals surface area contributed by atoms with Crippen LogP contribution in [0.15, 0.2) is 22.7 Å². The summed E-state index contributed by atoms with van der Waals surface area (Å²) in [4.78, 5) is 14.0. The second-order valence-corrected chi connectivity index (χ2v) is 5.51. The van der Waals surface area contributed by atoms with Crippen molar-refractivity contribution in [3.8, 4) is 0 Å². The minimum absolute atomic E-state index is 0.0771. The van der Waals surface area contributed by atoms with Gasteiger partial charge in [0.1, 0.15) is 0 Å². The molecule has 1 amide bonds. The van der Waals surface area contributed by atoms with Crippen molar-refractivity contribution in [2.24, 2.45) is 0 Å². The number of ether oxygens (including phenoxy) is 1. The van der Waals surface area contributed by atoms with Crippen LogP contribution in [0.3, 0.4) is 0 Å². The lowest BCUT2D eigenvalue weighted by atomic mass is 10.1. The lowest BCUT2D eigenvalue weighted by molar-refractivity contribution is 0.0899. The molecule has 5 heteroatoms. The van der Waals surface area contributed by atoms with Gasteiger partial charge in [-0.05, 0) is 49.1 Å². The fourth-order valence-electron chi connectivity index (χ4n) is 1.49. The van der Waals surface area contributed by atoms with Crippen LogP contribution in [-0.2, 0) is 4.74 Å². The summed E-state index contributed by atoms with van der Waals surface area (Å²) >= 11 is 3.38. The Labute approximate surface area is 123 Å². The normalized spacial score (nSPS) is 10.8. The first kappa shape index (κ1) is 16.1. The maximum Gasteiger partial charge on any atom is 0.252 e. The highest BCUT2D eigenvalue weighted by Gasteiger charge is 2.09. The van der Waals surface area contributed by atoms with Crippen LogP contribution >= 0.6 is 15.9 Å². The molecule has 0 aliphatic rings. The van der Waals surface area contributed by atoms with Crippen LogP contribution in [0.4, 0.5) is 0 Å². The van der Waals surface area contributed by atoms with Gasteiger partial charge in [-0.15, -0.1) is 0 Å². The van der Waals surface area contributed by atoms with Crippen LogP contribution in [0.25, 0.3) is 0 Å². The summed E-state index contributed by atoms with van der Waals surface area (Å²) in [6.07, 6.45) is 0. The zero-order valence-electron chi connectivity index (χ0n) is 11.7. The molecule has 0 bridgehead atoms. The van der Waals surface area contributed by atoms with Gasteiger partial charge in [0, 0.05) is 17.6 Å². The second kappa shape index (κ2) is 8.30. The molecule has 1 aromatic carbocycles. The maximum absolute atomic E-state index is 12.0. The minimum atomic E-state index is -0.0771. The van der Waals surface area contributed by atoms with Gasteiger partial charge in [0.2, 0.25) is 0 Å². The van der Waals surface area contributed by atoms with E-state index in [1.807, 2.05) is 39.2 Å². The lowest BCUT2D eigenvalue weighted by Gasteiger charge is -2.11.